The summed E-state index contributed by atoms with van der Waals surface area (Å²) in [4.78, 5) is 20.1. The minimum Gasteiger partial charge on any atom is -0.308 e. The number of nitrogens with zero attached hydrogens (tertiary/aromatic N) is 5. The van der Waals surface area contributed by atoms with Crippen LogP contribution in [0.3, 0.4) is 0 Å². The van der Waals surface area contributed by atoms with Crippen molar-refractivity contribution in [1.29, 1.82) is 0 Å². The van der Waals surface area contributed by atoms with E-state index in [0.717, 1.165) is 17.7 Å². The first-order valence-electron chi connectivity index (χ1n) is 10.6. The molecule has 34 heavy (non-hydrogen) atoms. The van der Waals surface area contributed by atoms with Crippen LogP contribution in [0, 0.1) is 5.82 Å². The van der Waals surface area contributed by atoms with Gasteiger partial charge in [-0.3, -0.25) is 4.79 Å². The van der Waals surface area contributed by atoms with E-state index >= 15 is 0 Å². The van der Waals surface area contributed by atoms with Crippen molar-refractivity contribution in [1.82, 2.24) is 29.3 Å². The van der Waals surface area contributed by atoms with Crippen LogP contribution in [0.2, 0.25) is 5.02 Å². The molecule has 0 atom stereocenters. The van der Waals surface area contributed by atoms with Crippen LogP contribution in [0.25, 0.3) is 11.2 Å². The third-order valence-corrected chi connectivity index (χ3v) is 8.05. The SMILES string of the molecule is O=c1[nH]c(C2CCN(S(=O)(=O)c3ccc(F)cc3)CC2)nc2c1nnn2Cc1cccc(Cl)c1. The van der Waals surface area contributed by atoms with E-state index < -0.39 is 21.4 Å². The van der Waals surface area contributed by atoms with Gasteiger partial charge in [0.15, 0.2) is 11.2 Å². The molecule has 0 bridgehead atoms. The third-order valence-electron chi connectivity index (χ3n) is 5.91. The summed E-state index contributed by atoms with van der Waals surface area (Å²) >= 11 is 6.07. The lowest BCUT2D eigenvalue weighted by atomic mass is 9.97. The van der Waals surface area contributed by atoms with Crippen LogP contribution >= 0.6 is 11.6 Å². The van der Waals surface area contributed by atoms with E-state index in [1.807, 2.05) is 12.1 Å². The second-order valence-corrected chi connectivity index (χ2v) is 10.5. The van der Waals surface area contributed by atoms with Gasteiger partial charge < -0.3 is 4.98 Å². The van der Waals surface area contributed by atoms with E-state index in [-0.39, 0.29) is 29.4 Å². The van der Waals surface area contributed by atoms with Crippen molar-refractivity contribution in [2.24, 2.45) is 0 Å². The molecule has 0 unspecified atom stereocenters. The Hall–Kier alpha value is -3.15. The van der Waals surface area contributed by atoms with Gasteiger partial charge in [0.05, 0.1) is 11.4 Å². The summed E-state index contributed by atoms with van der Waals surface area (Å²) in [6, 6.07) is 12.1. The van der Waals surface area contributed by atoms with E-state index in [0.29, 0.717) is 35.9 Å². The average molecular weight is 503 g/mol. The number of hydrogen-bond donors (Lipinski definition) is 1. The molecule has 1 aliphatic rings. The molecular weight excluding hydrogens is 483 g/mol. The standard InChI is InChI=1S/C22H20ClFN6O3S/c23-16-3-1-2-14(12-16)13-30-21-19(27-28-30)22(31)26-20(25-21)15-8-10-29(11-9-15)34(32,33)18-6-4-17(24)5-7-18/h1-7,12,15H,8-11,13H2,(H,25,26,31). The number of halogens is 2. The second kappa shape index (κ2) is 8.90. The fourth-order valence-electron chi connectivity index (χ4n) is 4.12. The minimum absolute atomic E-state index is 0.0521. The predicted octanol–water partition coefficient (Wildman–Crippen LogP) is 2.92. The number of H-pyrrole nitrogens is 1. The molecule has 1 fully saturated rings. The second-order valence-electron chi connectivity index (χ2n) is 8.13. The smallest absolute Gasteiger partial charge is 0.281 e. The van der Waals surface area contributed by atoms with Crippen molar-refractivity contribution in [3.8, 4) is 0 Å². The van der Waals surface area contributed by atoms with Gasteiger partial charge in [0.2, 0.25) is 10.0 Å². The predicted molar refractivity (Wildman–Crippen MR) is 124 cm³/mol. The fraction of sp³-hybridized carbons (Fsp3) is 0.273. The molecule has 0 spiro atoms. The molecule has 5 rings (SSSR count). The Kier molecular flexibility index (Phi) is 5.92. The lowest BCUT2D eigenvalue weighted by molar-refractivity contribution is 0.313. The van der Waals surface area contributed by atoms with Gasteiger partial charge >= 0.3 is 0 Å². The Labute approximate surface area is 199 Å². The highest BCUT2D eigenvalue weighted by Crippen LogP contribution is 2.29. The zero-order valence-electron chi connectivity index (χ0n) is 17.9. The molecule has 12 heteroatoms. The van der Waals surface area contributed by atoms with E-state index in [1.165, 1.54) is 16.4 Å². The lowest BCUT2D eigenvalue weighted by Crippen LogP contribution is -2.38. The van der Waals surface area contributed by atoms with Crippen LogP contribution < -0.4 is 5.56 Å². The topological polar surface area (TPSA) is 114 Å². The largest absolute Gasteiger partial charge is 0.308 e. The molecule has 0 amide bonds. The molecule has 176 valence electrons. The number of benzene rings is 2. The maximum Gasteiger partial charge on any atom is 0.281 e. The zero-order chi connectivity index (χ0) is 23.9. The molecule has 0 saturated carbocycles. The molecule has 1 saturated heterocycles. The van der Waals surface area contributed by atoms with Crippen LogP contribution in [-0.4, -0.2) is 50.8 Å². The highest BCUT2D eigenvalue weighted by molar-refractivity contribution is 7.89. The molecule has 2 aromatic carbocycles. The maximum absolute atomic E-state index is 13.2. The molecule has 1 N–H and O–H groups in total. The average Bonchev–Trinajstić information content (AvgIpc) is 3.22. The number of fused-ring (bicyclic) bond motifs is 1. The lowest BCUT2D eigenvalue weighted by Gasteiger charge is -2.30. The molecule has 9 nitrogen and oxygen atoms in total. The van der Waals surface area contributed by atoms with Gasteiger partial charge in [0, 0.05) is 24.0 Å². The number of aromatic nitrogens is 5. The summed E-state index contributed by atoms with van der Waals surface area (Å²) in [5.41, 5.74) is 1.00. The molecule has 3 heterocycles. The summed E-state index contributed by atoms with van der Waals surface area (Å²) in [6.45, 7) is 0.861. The summed E-state index contributed by atoms with van der Waals surface area (Å²) in [7, 11) is -3.72. The van der Waals surface area contributed by atoms with E-state index in [4.69, 9.17) is 11.6 Å². The first kappa shape index (κ1) is 22.6. The monoisotopic (exact) mass is 502 g/mol. The maximum atomic E-state index is 13.2. The third kappa shape index (κ3) is 4.33. The number of sulfonamides is 1. The molecular formula is C22H20ClFN6O3S. The first-order valence-corrected chi connectivity index (χ1v) is 12.5. The van der Waals surface area contributed by atoms with Crippen molar-refractivity contribution in [2.45, 2.75) is 30.2 Å². The number of rotatable bonds is 5. The highest BCUT2D eigenvalue weighted by atomic mass is 35.5. The van der Waals surface area contributed by atoms with Gasteiger partial charge in [0.25, 0.3) is 5.56 Å². The van der Waals surface area contributed by atoms with Crippen LogP contribution in [0.5, 0.6) is 0 Å². The Balaban J connectivity index is 1.37. The minimum atomic E-state index is -3.72. The van der Waals surface area contributed by atoms with Gasteiger partial charge in [-0.05, 0) is 54.8 Å². The molecule has 4 aromatic rings. The number of aromatic amines is 1. The molecule has 0 radical (unpaired) electrons. The number of hydrogen-bond acceptors (Lipinski definition) is 6. The van der Waals surface area contributed by atoms with Crippen LogP contribution in [-0.2, 0) is 16.6 Å². The van der Waals surface area contributed by atoms with Crippen LogP contribution in [0.1, 0.15) is 30.1 Å². The summed E-state index contributed by atoms with van der Waals surface area (Å²) in [5, 5.41) is 8.64. The van der Waals surface area contributed by atoms with Gasteiger partial charge in [-0.25, -0.2) is 22.5 Å². The van der Waals surface area contributed by atoms with Crippen molar-refractivity contribution >= 4 is 32.8 Å². The Bertz CT molecular complexity index is 1510. The summed E-state index contributed by atoms with van der Waals surface area (Å²) < 4.78 is 41.9. The Morgan fingerprint density at radius 3 is 2.56 bits per heavy atom. The molecule has 0 aliphatic carbocycles. The van der Waals surface area contributed by atoms with Crippen LogP contribution in [0.15, 0.2) is 58.2 Å². The van der Waals surface area contributed by atoms with Gasteiger partial charge in [0.1, 0.15) is 11.6 Å². The fourth-order valence-corrected chi connectivity index (χ4v) is 5.80. The van der Waals surface area contributed by atoms with Crippen LogP contribution in [0.4, 0.5) is 4.39 Å². The Morgan fingerprint density at radius 1 is 1.12 bits per heavy atom. The van der Waals surface area contributed by atoms with Crippen molar-refractivity contribution in [3.05, 3.63) is 81.1 Å². The highest BCUT2D eigenvalue weighted by Gasteiger charge is 2.31. The van der Waals surface area contributed by atoms with E-state index in [1.54, 1.807) is 16.8 Å². The van der Waals surface area contributed by atoms with Gasteiger partial charge in [-0.2, -0.15) is 4.31 Å². The van der Waals surface area contributed by atoms with Crippen molar-refractivity contribution in [3.63, 3.8) is 0 Å². The van der Waals surface area contributed by atoms with Gasteiger partial charge in [-0.15, -0.1) is 5.10 Å². The molecule has 1 aliphatic heterocycles. The number of piperidine rings is 1. The normalized spacial score (nSPS) is 15.7. The zero-order valence-corrected chi connectivity index (χ0v) is 19.4. The summed E-state index contributed by atoms with van der Waals surface area (Å²) in [5.74, 6) is -0.149. The van der Waals surface area contributed by atoms with Crippen molar-refractivity contribution < 1.29 is 12.8 Å². The quantitative estimate of drug-likeness (QED) is 0.449. The Morgan fingerprint density at radius 2 is 1.85 bits per heavy atom. The number of nitrogens with one attached hydrogen (secondary N) is 1. The van der Waals surface area contributed by atoms with Crippen molar-refractivity contribution in [2.75, 3.05) is 13.1 Å². The van der Waals surface area contributed by atoms with E-state index in [2.05, 4.69) is 20.3 Å². The summed E-state index contributed by atoms with van der Waals surface area (Å²) in [6.07, 6.45) is 0.954. The first-order chi connectivity index (χ1) is 16.3. The molecule has 2 aromatic heterocycles. The van der Waals surface area contributed by atoms with E-state index in [9.17, 15) is 17.6 Å². The van der Waals surface area contributed by atoms with Gasteiger partial charge in [-0.1, -0.05) is 28.9 Å².